The molecule has 0 aromatic rings. The lowest BCUT2D eigenvalue weighted by molar-refractivity contribution is 0.345. The number of hydrogen-bond donors (Lipinski definition) is 1. The van der Waals surface area contributed by atoms with Gasteiger partial charge in [-0.2, -0.15) is 0 Å². The largest absolute Gasteiger partial charge is 0.230 e. The first-order valence-corrected chi connectivity index (χ1v) is 2.18. The van der Waals surface area contributed by atoms with Crippen LogP contribution in [0, 0.1) is 0 Å². The third-order valence-electron chi connectivity index (χ3n) is 0.357. The fourth-order valence-electron chi connectivity index (χ4n) is 0.147. The van der Waals surface area contributed by atoms with E-state index in [2.05, 4.69) is 16.9 Å². The Morgan fingerprint density at radius 1 is 1.75 bits per heavy atom. The van der Waals surface area contributed by atoms with Crippen molar-refractivity contribution in [2.75, 3.05) is 7.05 Å². The molecule has 0 spiro atoms. The minimum atomic E-state index is 0.641. The molecule has 8 heavy (non-hydrogen) atoms. The van der Waals surface area contributed by atoms with Gasteiger partial charge in [0.05, 0.1) is 5.70 Å². The number of hydrazine groups is 1. The monoisotopic (exact) mass is 114 g/mol. The Balaban J connectivity index is 3.50. The number of nitrogens with two attached hydrogens (primary N) is 1. The molecular weight excluding hydrogens is 104 g/mol. The molecule has 0 heterocycles. The minimum absolute atomic E-state index is 0.641. The van der Waals surface area contributed by atoms with Crippen molar-refractivity contribution in [1.29, 1.82) is 0 Å². The maximum absolute atomic E-state index is 5.07. The molecule has 0 aromatic carbocycles. The van der Waals surface area contributed by atoms with Gasteiger partial charge in [0.2, 0.25) is 0 Å². The maximum Gasteiger partial charge on any atom is 0.0545 e. The second kappa shape index (κ2) is 3.15. The van der Waals surface area contributed by atoms with Gasteiger partial charge in [-0.15, -0.1) is 5.11 Å². The van der Waals surface area contributed by atoms with Crippen molar-refractivity contribution >= 4 is 0 Å². The Kier molecular flexibility index (Phi) is 2.79. The molecule has 0 saturated heterocycles. The van der Waals surface area contributed by atoms with Gasteiger partial charge < -0.3 is 0 Å². The zero-order chi connectivity index (χ0) is 6.57. The average molecular weight is 114 g/mol. The summed E-state index contributed by atoms with van der Waals surface area (Å²) in [5.41, 5.74) is 0.641. The molecule has 0 amide bonds. The van der Waals surface area contributed by atoms with E-state index >= 15 is 0 Å². The summed E-state index contributed by atoms with van der Waals surface area (Å²) in [5.74, 6) is 5.07. The van der Waals surface area contributed by atoms with Crippen LogP contribution >= 0.6 is 0 Å². The van der Waals surface area contributed by atoms with Gasteiger partial charge in [-0.05, 0) is 6.92 Å². The first kappa shape index (κ1) is 7.10. The molecule has 2 N–H and O–H groups in total. The van der Waals surface area contributed by atoms with E-state index in [0.29, 0.717) is 5.70 Å². The van der Waals surface area contributed by atoms with E-state index in [9.17, 15) is 0 Å². The van der Waals surface area contributed by atoms with Gasteiger partial charge in [-0.1, -0.05) is 11.8 Å². The van der Waals surface area contributed by atoms with Crippen LogP contribution < -0.4 is 5.84 Å². The molecule has 0 aliphatic carbocycles. The first-order chi connectivity index (χ1) is 3.63. The summed E-state index contributed by atoms with van der Waals surface area (Å²) in [7, 11) is 1.59. The third kappa shape index (κ3) is 5.10. The van der Waals surface area contributed by atoms with Crippen LogP contribution in [0.15, 0.2) is 22.6 Å². The molecule has 0 atom stereocenters. The summed E-state index contributed by atoms with van der Waals surface area (Å²) in [4.78, 5) is 0. The lowest BCUT2D eigenvalue weighted by Crippen LogP contribution is -2.17. The first-order valence-electron chi connectivity index (χ1n) is 2.18. The van der Waals surface area contributed by atoms with Crippen LogP contribution in [0.4, 0.5) is 0 Å². The van der Waals surface area contributed by atoms with E-state index in [1.165, 1.54) is 0 Å². The van der Waals surface area contributed by atoms with Crippen LogP contribution in [0.3, 0.4) is 0 Å². The Labute approximate surface area is 48.6 Å². The van der Waals surface area contributed by atoms with Crippen molar-refractivity contribution in [3.63, 3.8) is 0 Å². The predicted octanol–water partition coefficient (Wildman–Crippen LogP) is 0.693. The molecule has 0 radical (unpaired) electrons. The number of allylic oxidation sites excluding steroid dienone is 1. The second-order valence-electron chi connectivity index (χ2n) is 1.50. The van der Waals surface area contributed by atoms with Gasteiger partial charge >= 0.3 is 0 Å². The molecule has 0 saturated carbocycles. The highest BCUT2D eigenvalue weighted by Gasteiger charge is 1.76. The molecule has 46 valence electrons. The van der Waals surface area contributed by atoms with Crippen LogP contribution in [0.5, 0.6) is 0 Å². The van der Waals surface area contributed by atoms with Gasteiger partial charge in [0.1, 0.15) is 0 Å². The summed E-state index contributed by atoms with van der Waals surface area (Å²) in [6.07, 6.45) is 0. The molecular formula is C4H10N4. The molecule has 0 aromatic heterocycles. The second-order valence-corrected chi connectivity index (χ2v) is 1.50. The maximum atomic E-state index is 5.07. The Hall–Kier alpha value is -0.900. The quantitative estimate of drug-likeness (QED) is 0.326. The van der Waals surface area contributed by atoms with Gasteiger partial charge in [0, 0.05) is 7.05 Å². The summed E-state index contributed by atoms with van der Waals surface area (Å²) in [5, 5.41) is 8.14. The zero-order valence-corrected chi connectivity index (χ0v) is 5.13. The zero-order valence-electron chi connectivity index (χ0n) is 5.13. The van der Waals surface area contributed by atoms with Crippen molar-refractivity contribution < 1.29 is 0 Å². The molecule has 0 rings (SSSR count). The summed E-state index contributed by atoms with van der Waals surface area (Å²) >= 11 is 0. The van der Waals surface area contributed by atoms with Crippen LogP contribution in [-0.2, 0) is 0 Å². The minimum Gasteiger partial charge on any atom is -0.230 e. The summed E-state index contributed by atoms with van der Waals surface area (Å²) < 4.78 is 0. The molecule has 0 fully saturated rings. The highest BCUT2D eigenvalue weighted by molar-refractivity contribution is 4.81. The molecule has 0 aliphatic rings. The lowest BCUT2D eigenvalue weighted by Gasteiger charge is -1.98. The average Bonchev–Trinajstić information content (AvgIpc) is 1.61. The highest BCUT2D eigenvalue weighted by Crippen LogP contribution is 1.88. The van der Waals surface area contributed by atoms with Gasteiger partial charge in [0.15, 0.2) is 0 Å². The number of hydrogen-bond acceptors (Lipinski definition) is 3. The van der Waals surface area contributed by atoms with Gasteiger partial charge in [-0.25, -0.2) is 11.0 Å². The molecule has 0 unspecified atom stereocenters. The molecule has 4 heteroatoms. The van der Waals surface area contributed by atoms with Crippen molar-refractivity contribution in [3.05, 3.63) is 12.3 Å². The van der Waals surface area contributed by atoms with E-state index < -0.39 is 0 Å². The van der Waals surface area contributed by atoms with E-state index in [1.807, 2.05) is 0 Å². The van der Waals surface area contributed by atoms with Gasteiger partial charge in [0.25, 0.3) is 0 Å². The Morgan fingerprint density at radius 2 is 2.25 bits per heavy atom. The predicted molar refractivity (Wildman–Crippen MR) is 31.6 cm³/mol. The van der Waals surface area contributed by atoms with Crippen molar-refractivity contribution in [1.82, 2.24) is 5.12 Å². The van der Waals surface area contributed by atoms with Crippen LogP contribution in [0.25, 0.3) is 0 Å². The smallest absolute Gasteiger partial charge is 0.0545 e. The number of rotatable bonds is 2. The fourth-order valence-corrected chi connectivity index (χ4v) is 0.147. The van der Waals surface area contributed by atoms with Crippen molar-refractivity contribution in [2.24, 2.45) is 16.2 Å². The SMILES string of the molecule is C=C(C)/N=N\N(C)N. The van der Waals surface area contributed by atoms with Crippen LogP contribution in [0.1, 0.15) is 6.92 Å². The summed E-state index contributed by atoms with van der Waals surface area (Å²) in [6.45, 7) is 5.23. The van der Waals surface area contributed by atoms with E-state index in [4.69, 9.17) is 5.84 Å². The van der Waals surface area contributed by atoms with Crippen molar-refractivity contribution in [3.8, 4) is 0 Å². The Bertz CT molecular complexity index is 105. The van der Waals surface area contributed by atoms with E-state index in [1.54, 1.807) is 14.0 Å². The topological polar surface area (TPSA) is 54.0 Å². The number of nitrogens with zero attached hydrogens (tertiary/aromatic N) is 3. The lowest BCUT2D eigenvalue weighted by atomic mass is 10.6. The van der Waals surface area contributed by atoms with Gasteiger partial charge in [-0.3, -0.25) is 0 Å². The summed E-state index contributed by atoms with van der Waals surface area (Å²) in [6, 6.07) is 0. The van der Waals surface area contributed by atoms with Crippen LogP contribution in [-0.4, -0.2) is 12.2 Å². The van der Waals surface area contributed by atoms with E-state index in [-0.39, 0.29) is 0 Å². The van der Waals surface area contributed by atoms with Crippen LogP contribution in [0.2, 0.25) is 0 Å². The molecule has 0 bridgehead atoms. The molecule has 4 nitrogen and oxygen atoms in total. The third-order valence-corrected chi connectivity index (χ3v) is 0.357. The standard InChI is InChI=1S/C4H10N4/c1-4(2)6-7-8(3)5/h1,5H2,2-3H3/b7-6-. The Morgan fingerprint density at radius 3 is 2.38 bits per heavy atom. The van der Waals surface area contributed by atoms with Crippen molar-refractivity contribution in [2.45, 2.75) is 6.92 Å². The van der Waals surface area contributed by atoms with E-state index in [0.717, 1.165) is 5.12 Å². The normalized spacial score (nSPS) is 9.88. The molecule has 0 aliphatic heterocycles. The fraction of sp³-hybridized carbons (Fsp3) is 0.500. The highest BCUT2D eigenvalue weighted by atomic mass is 15.7.